The molecule has 0 saturated carbocycles. The number of amides is 1. The van der Waals surface area contributed by atoms with Crippen LogP contribution in [0.25, 0.3) is 0 Å². The predicted molar refractivity (Wildman–Crippen MR) is 109 cm³/mol. The largest absolute Gasteiger partial charge is 0.491 e. The van der Waals surface area contributed by atoms with E-state index < -0.39 is 0 Å². The number of aliphatic hydroxyl groups is 1. The van der Waals surface area contributed by atoms with Crippen molar-refractivity contribution >= 4 is 34.6 Å². The van der Waals surface area contributed by atoms with Crippen LogP contribution in [0.15, 0.2) is 36.5 Å². The molecule has 0 aliphatic carbocycles. The Kier molecular flexibility index (Phi) is 6.19. The van der Waals surface area contributed by atoms with E-state index in [0.717, 1.165) is 5.69 Å². The van der Waals surface area contributed by atoms with E-state index in [0.29, 0.717) is 47.2 Å². The van der Waals surface area contributed by atoms with Gasteiger partial charge in [-0.1, -0.05) is 0 Å². The van der Waals surface area contributed by atoms with Crippen LogP contribution in [0.3, 0.4) is 0 Å². The van der Waals surface area contributed by atoms with Crippen molar-refractivity contribution in [3.05, 3.63) is 47.8 Å². The van der Waals surface area contributed by atoms with Crippen LogP contribution in [0.5, 0.6) is 5.75 Å². The number of aryl methyl sites for hydroxylation is 1. The Balaban J connectivity index is 1.90. The molecule has 1 amide bonds. The highest BCUT2D eigenvalue weighted by atomic mass is 32.1. The lowest BCUT2D eigenvalue weighted by atomic mass is 10.2. The van der Waals surface area contributed by atoms with Crippen molar-refractivity contribution < 1.29 is 14.6 Å². The number of benzene rings is 1. The van der Waals surface area contributed by atoms with Gasteiger partial charge in [-0.3, -0.25) is 9.69 Å². The molecule has 1 N–H and O–H groups in total. The molecular formula is C20H20N4O3S. The molecule has 0 bridgehead atoms. The minimum Gasteiger partial charge on any atom is -0.491 e. The van der Waals surface area contributed by atoms with Gasteiger partial charge >= 0.3 is 0 Å². The lowest BCUT2D eigenvalue weighted by molar-refractivity contribution is -0.117. The summed E-state index contributed by atoms with van der Waals surface area (Å²) >= 11 is 5.66. The van der Waals surface area contributed by atoms with E-state index >= 15 is 0 Å². The van der Waals surface area contributed by atoms with Gasteiger partial charge in [0.1, 0.15) is 24.1 Å². The molecule has 0 radical (unpaired) electrons. The molecule has 0 spiro atoms. The summed E-state index contributed by atoms with van der Waals surface area (Å²) in [5, 5.41) is 18.3. The topological polar surface area (TPSA) is 89.7 Å². The second kappa shape index (κ2) is 8.78. The fourth-order valence-corrected chi connectivity index (χ4v) is 3.41. The van der Waals surface area contributed by atoms with Crippen molar-refractivity contribution in [2.45, 2.75) is 19.8 Å². The average Bonchev–Trinajstić information content (AvgIpc) is 2.84. The number of rotatable bonds is 5. The quantitative estimate of drug-likeness (QED) is 0.777. The second-order valence-electron chi connectivity index (χ2n) is 6.30. The monoisotopic (exact) mass is 396 g/mol. The van der Waals surface area contributed by atoms with E-state index in [9.17, 15) is 4.79 Å². The summed E-state index contributed by atoms with van der Waals surface area (Å²) in [5.74, 6) is 0.555. The van der Waals surface area contributed by atoms with E-state index in [1.165, 1.54) is 11.1 Å². The fraction of sp³-hybridized carbons (Fsp3) is 0.300. The zero-order chi connectivity index (χ0) is 20.1. The minimum absolute atomic E-state index is 0.0485. The molecule has 7 nitrogen and oxygen atoms in total. The number of hydrogen-bond acceptors (Lipinski definition) is 6. The molecule has 1 saturated heterocycles. The minimum atomic E-state index is -0.0960. The third kappa shape index (κ3) is 4.11. The zero-order valence-corrected chi connectivity index (χ0v) is 16.3. The van der Waals surface area contributed by atoms with Crippen LogP contribution in [-0.2, 0) is 4.79 Å². The lowest BCUT2D eigenvalue weighted by Gasteiger charge is -2.29. The third-order valence-electron chi connectivity index (χ3n) is 4.38. The van der Waals surface area contributed by atoms with Gasteiger partial charge in [-0.05, 0) is 61.5 Å². The number of thiocarbonyl (C=S) groups is 1. The summed E-state index contributed by atoms with van der Waals surface area (Å²) in [4.78, 5) is 20.2. The van der Waals surface area contributed by atoms with Gasteiger partial charge in [-0.2, -0.15) is 5.26 Å². The molecule has 1 aromatic heterocycles. The van der Waals surface area contributed by atoms with Gasteiger partial charge in [0.05, 0.1) is 18.5 Å². The smallest absolute Gasteiger partial charge is 0.233 e. The van der Waals surface area contributed by atoms with Crippen molar-refractivity contribution in [2.75, 3.05) is 29.6 Å². The predicted octanol–water partition coefficient (Wildman–Crippen LogP) is 2.55. The number of anilines is 2. The van der Waals surface area contributed by atoms with Crippen LogP contribution in [0.4, 0.5) is 11.4 Å². The number of carbonyl (C=O) groups excluding carboxylic acids is 1. The van der Waals surface area contributed by atoms with Crippen LogP contribution < -0.4 is 14.5 Å². The number of nitrogens with zero attached hydrogens (tertiary/aromatic N) is 4. The number of aromatic nitrogens is 1. The lowest BCUT2D eigenvalue weighted by Crippen LogP contribution is -2.44. The van der Waals surface area contributed by atoms with Gasteiger partial charge in [-0.25, -0.2) is 4.98 Å². The number of ether oxygens (including phenoxy) is 1. The number of aliphatic hydroxyl groups excluding tert-OH is 1. The molecule has 8 heteroatoms. The van der Waals surface area contributed by atoms with Gasteiger partial charge in [0.2, 0.25) is 5.91 Å². The van der Waals surface area contributed by atoms with E-state index in [1.54, 1.807) is 25.1 Å². The van der Waals surface area contributed by atoms with Crippen LogP contribution in [-0.4, -0.2) is 40.9 Å². The van der Waals surface area contributed by atoms with Crippen molar-refractivity contribution in [3.63, 3.8) is 0 Å². The maximum atomic E-state index is 12.7. The second-order valence-corrected chi connectivity index (χ2v) is 6.67. The van der Waals surface area contributed by atoms with Crippen LogP contribution >= 0.6 is 12.2 Å². The molecule has 144 valence electrons. The number of hydrogen-bond donors (Lipinski definition) is 1. The van der Waals surface area contributed by atoms with E-state index in [1.807, 2.05) is 23.1 Å². The van der Waals surface area contributed by atoms with Crippen molar-refractivity contribution in [1.82, 2.24) is 4.98 Å². The Morgan fingerprint density at radius 3 is 2.71 bits per heavy atom. The van der Waals surface area contributed by atoms with Gasteiger partial charge in [0.15, 0.2) is 5.11 Å². The molecule has 1 aliphatic heterocycles. The first kappa shape index (κ1) is 19.7. The van der Waals surface area contributed by atoms with E-state index in [-0.39, 0.29) is 19.1 Å². The number of nitriles is 1. The maximum Gasteiger partial charge on any atom is 0.233 e. The zero-order valence-electron chi connectivity index (χ0n) is 15.5. The first-order chi connectivity index (χ1) is 13.5. The summed E-state index contributed by atoms with van der Waals surface area (Å²) in [6, 6.07) is 11.1. The van der Waals surface area contributed by atoms with Gasteiger partial charge in [0, 0.05) is 18.7 Å². The molecule has 2 aromatic rings. The number of pyridine rings is 1. The maximum absolute atomic E-state index is 12.7. The summed E-state index contributed by atoms with van der Waals surface area (Å²) in [6.45, 7) is 2.58. The molecular weight excluding hydrogens is 376 g/mol. The molecule has 0 atom stereocenters. The first-order valence-electron chi connectivity index (χ1n) is 8.90. The first-order valence-corrected chi connectivity index (χ1v) is 9.31. The van der Waals surface area contributed by atoms with Crippen LogP contribution in [0.2, 0.25) is 0 Å². The normalized spacial score (nSPS) is 14.6. The van der Waals surface area contributed by atoms with Crippen LogP contribution in [0.1, 0.15) is 24.1 Å². The molecule has 1 aromatic carbocycles. The fourth-order valence-electron chi connectivity index (χ4n) is 3.00. The van der Waals surface area contributed by atoms with Crippen molar-refractivity contribution in [3.8, 4) is 11.8 Å². The van der Waals surface area contributed by atoms with Crippen LogP contribution in [0, 0.1) is 18.3 Å². The highest BCUT2D eigenvalue weighted by Crippen LogP contribution is 2.27. The Morgan fingerprint density at radius 2 is 2.07 bits per heavy atom. The Bertz CT molecular complexity index is 924. The highest BCUT2D eigenvalue weighted by molar-refractivity contribution is 7.81. The van der Waals surface area contributed by atoms with E-state index in [2.05, 4.69) is 4.98 Å². The highest BCUT2D eigenvalue weighted by Gasteiger charge is 2.29. The Labute approximate surface area is 168 Å². The van der Waals surface area contributed by atoms with Gasteiger partial charge < -0.3 is 14.7 Å². The SMILES string of the molecule is Cc1cc(N2C(=O)CCCN(c3ccc(OCCO)cc3)C2=S)cnc1C#N. The Morgan fingerprint density at radius 1 is 1.32 bits per heavy atom. The molecule has 3 rings (SSSR count). The summed E-state index contributed by atoms with van der Waals surface area (Å²) in [6.07, 6.45) is 2.54. The molecule has 28 heavy (non-hydrogen) atoms. The average molecular weight is 396 g/mol. The van der Waals surface area contributed by atoms with Gasteiger partial charge in [-0.15, -0.1) is 0 Å². The molecule has 1 fully saturated rings. The standard InChI is InChI=1S/C20H20N4O3S/c1-14-11-16(13-22-18(14)12-21)24-19(26)3-2-8-23(20(24)28)15-4-6-17(7-5-15)27-10-9-25/h4-7,11,13,25H,2-3,8-10H2,1H3. The summed E-state index contributed by atoms with van der Waals surface area (Å²) in [7, 11) is 0. The third-order valence-corrected chi connectivity index (χ3v) is 4.78. The summed E-state index contributed by atoms with van der Waals surface area (Å²) in [5.41, 5.74) is 2.42. The van der Waals surface area contributed by atoms with Crippen molar-refractivity contribution in [2.24, 2.45) is 0 Å². The van der Waals surface area contributed by atoms with Gasteiger partial charge in [0.25, 0.3) is 0 Å². The summed E-state index contributed by atoms with van der Waals surface area (Å²) < 4.78 is 5.39. The van der Waals surface area contributed by atoms with E-state index in [4.69, 9.17) is 27.3 Å². The molecule has 0 unspecified atom stereocenters. The molecule has 1 aliphatic rings. The number of carbonyl (C=O) groups is 1. The molecule has 2 heterocycles. The Hall–Kier alpha value is -3.02. The van der Waals surface area contributed by atoms with Crippen molar-refractivity contribution in [1.29, 1.82) is 5.26 Å².